The molecule has 0 aromatic heterocycles. The minimum Gasteiger partial charge on any atom is -0.488 e. The molecule has 0 aliphatic heterocycles. The maximum atomic E-state index is 6.34. The lowest BCUT2D eigenvalue weighted by atomic mass is 9.85. The summed E-state index contributed by atoms with van der Waals surface area (Å²) >= 11 is 0. The summed E-state index contributed by atoms with van der Waals surface area (Å²) in [4.78, 5) is 0. The summed E-state index contributed by atoms with van der Waals surface area (Å²) in [6.07, 6.45) is 2.33. The van der Waals surface area contributed by atoms with E-state index in [1.165, 1.54) is 22.3 Å². The SMILES string of the molecule is CNC1c2ccccc2CCC1Oc1ccc(C)cc1C. The zero-order chi connectivity index (χ0) is 14.8. The molecule has 1 N–H and O–H groups in total. The van der Waals surface area contributed by atoms with E-state index < -0.39 is 0 Å². The van der Waals surface area contributed by atoms with Gasteiger partial charge in [-0.15, -0.1) is 0 Å². The molecule has 0 saturated carbocycles. The Bertz CT molecular complexity index is 635. The molecule has 2 aromatic carbocycles. The average Bonchev–Trinajstić information content (AvgIpc) is 2.49. The van der Waals surface area contributed by atoms with Gasteiger partial charge >= 0.3 is 0 Å². The third-order valence-corrected chi connectivity index (χ3v) is 4.38. The molecule has 0 heterocycles. The molecule has 21 heavy (non-hydrogen) atoms. The molecule has 0 radical (unpaired) electrons. The molecule has 1 aliphatic carbocycles. The second-order valence-electron chi connectivity index (χ2n) is 5.93. The Morgan fingerprint density at radius 2 is 1.90 bits per heavy atom. The molecule has 110 valence electrons. The first-order valence-corrected chi connectivity index (χ1v) is 7.68. The van der Waals surface area contributed by atoms with Gasteiger partial charge in [0.05, 0.1) is 6.04 Å². The van der Waals surface area contributed by atoms with Gasteiger partial charge in [-0.05, 0) is 56.5 Å². The second kappa shape index (κ2) is 5.90. The van der Waals surface area contributed by atoms with Gasteiger partial charge in [-0.3, -0.25) is 0 Å². The number of aryl methyl sites for hydroxylation is 3. The van der Waals surface area contributed by atoms with E-state index in [2.05, 4.69) is 61.6 Å². The van der Waals surface area contributed by atoms with Gasteiger partial charge in [0.25, 0.3) is 0 Å². The van der Waals surface area contributed by atoms with Crippen molar-refractivity contribution < 1.29 is 4.74 Å². The Morgan fingerprint density at radius 3 is 2.67 bits per heavy atom. The van der Waals surface area contributed by atoms with Crippen LogP contribution in [-0.4, -0.2) is 13.2 Å². The maximum absolute atomic E-state index is 6.34. The Labute approximate surface area is 127 Å². The summed E-state index contributed by atoms with van der Waals surface area (Å²) < 4.78 is 6.34. The molecular weight excluding hydrogens is 258 g/mol. The van der Waals surface area contributed by atoms with Gasteiger partial charge in [-0.1, -0.05) is 42.0 Å². The summed E-state index contributed by atoms with van der Waals surface area (Å²) in [7, 11) is 2.02. The minimum atomic E-state index is 0.186. The lowest BCUT2D eigenvalue weighted by Crippen LogP contribution is -2.38. The fourth-order valence-corrected chi connectivity index (χ4v) is 3.29. The Balaban J connectivity index is 1.86. The molecule has 2 heteroatoms. The van der Waals surface area contributed by atoms with Crippen LogP contribution >= 0.6 is 0 Å². The number of hydrogen-bond donors (Lipinski definition) is 1. The minimum absolute atomic E-state index is 0.186. The smallest absolute Gasteiger partial charge is 0.122 e. The summed E-state index contributed by atoms with van der Waals surface area (Å²) in [6.45, 7) is 4.23. The molecule has 0 bridgehead atoms. The Morgan fingerprint density at radius 1 is 1.10 bits per heavy atom. The largest absolute Gasteiger partial charge is 0.488 e. The van der Waals surface area contributed by atoms with Crippen LogP contribution in [0.1, 0.15) is 34.7 Å². The van der Waals surface area contributed by atoms with Crippen LogP contribution in [0.15, 0.2) is 42.5 Å². The first kappa shape index (κ1) is 14.2. The van der Waals surface area contributed by atoms with Gasteiger partial charge in [0.1, 0.15) is 11.9 Å². The van der Waals surface area contributed by atoms with Crippen molar-refractivity contribution >= 4 is 0 Å². The van der Waals surface area contributed by atoms with Gasteiger partial charge < -0.3 is 10.1 Å². The van der Waals surface area contributed by atoms with E-state index in [1.54, 1.807) is 0 Å². The monoisotopic (exact) mass is 281 g/mol. The van der Waals surface area contributed by atoms with Gasteiger partial charge in [-0.2, -0.15) is 0 Å². The second-order valence-corrected chi connectivity index (χ2v) is 5.93. The number of hydrogen-bond acceptors (Lipinski definition) is 2. The fraction of sp³-hybridized carbons (Fsp3) is 0.368. The van der Waals surface area contributed by atoms with Crippen molar-refractivity contribution in [1.82, 2.24) is 5.32 Å². The first-order valence-electron chi connectivity index (χ1n) is 7.68. The van der Waals surface area contributed by atoms with Crippen LogP contribution in [0.4, 0.5) is 0 Å². The van der Waals surface area contributed by atoms with E-state index in [9.17, 15) is 0 Å². The van der Waals surface area contributed by atoms with E-state index in [0.717, 1.165) is 18.6 Å². The molecule has 3 rings (SSSR count). The quantitative estimate of drug-likeness (QED) is 0.919. The predicted molar refractivity (Wildman–Crippen MR) is 86.9 cm³/mol. The van der Waals surface area contributed by atoms with E-state index in [-0.39, 0.29) is 12.1 Å². The summed E-state index contributed by atoms with van der Waals surface area (Å²) in [5.74, 6) is 1.00. The molecular formula is C19H23NO. The molecule has 2 aromatic rings. The molecule has 2 atom stereocenters. The number of fused-ring (bicyclic) bond motifs is 1. The van der Waals surface area contributed by atoms with Crippen LogP contribution in [0.3, 0.4) is 0 Å². The highest BCUT2D eigenvalue weighted by Crippen LogP contribution is 2.33. The van der Waals surface area contributed by atoms with Crippen molar-refractivity contribution in [3.05, 3.63) is 64.7 Å². The van der Waals surface area contributed by atoms with Crippen LogP contribution in [0.5, 0.6) is 5.75 Å². The normalized spacial score (nSPS) is 20.9. The first-order chi connectivity index (χ1) is 10.2. The third kappa shape index (κ3) is 2.81. The van der Waals surface area contributed by atoms with Crippen LogP contribution < -0.4 is 10.1 Å². The van der Waals surface area contributed by atoms with Crippen LogP contribution in [-0.2, 0) is 6.42 Å². The molecule has 0 fully saturated rings. The number of nitrogens with one attached hydrogen (secondary N) is 1. The van der Waals surface area contributed by atoms with E-state index in [0.29, 0.717) is 0 Å². The molecule has 1 aliphatic rings. The fourth-order valence-electron chi connectivity index (χ4n) is 3.29. The lowest BCUT2D eigenvalue weighted by molar-refractivity contribution is 0.138. The van der Waals surface area contributed by atoms with E-state index in [1.807, 2.05) is 7.05 Å². The number of rotatable bonds is 3. The average molecular weight is 281 g/mol. The highest BCUT2D eigenvalue weighted by molar-refractivity contribution is 5.37. The van der Waals surface area contributed by atoms with E-state index >= 15 is 0 Å². The summed E-state index contributed by atoms with van der Waals surface area (Å²) in [5, 5.41) is 3.44. The number of likely N-dealkylation sites (N-methyl/N-ethyl adjacent to an activating group) is 1. The van der Waals surface area contributed by atoms with Crippen molar-refractivity contribution in [1.29, 1.82) is 0 Å². The molecule has 0 amide bonds. The zero-order valence-electron chi connectivity index (χ0n) is 13.0. The molecule has 2 nitrogen and oxygen atoms in total. The molecule has 0 spiro atoms. The number of ether oxygens (including phenoxy) is 1. The molecule has 0 saturated heterocycles. The zero-order valence-corrected chi connectivity index (χ0v) is 13.0. The number of benzene rings is 2. The topological polar surface area (TPSA) is 21.3 Å². The Hall–Kier alpha value is -1.80. The van der Waals surface area contributed by atoms with Crippen LogP contribution in [0, 0.1) is 13.8 Å². The van der Waals surface area contributed by atoms with Crippen molar-refractivity contribution in [2.24, 2.45) is 0 Å². The van der Waals surface area contributed by atoms with Gasteiger partial charge in [0, 0.05) is 0 Å². The van der Waals surface area contributed by atoms with Gasteiger partial charge in [0.15, 0.2) is 0 Å². The highest BCUT2D eigenvalue weighted by atomic mass is 16.5. The highest BCUT2D eigenvalue weighted by Gasteiger charge is 2.29. The lowest BCUT2D eigenvalue weighted by Gasteiger charge is -2.34. The van der Waals surface area contributed by atoms with E-state index in [4.69, 9.17) is 4.74 Å². The van der Waals surface area contributed by atoms with Crippen LogP contribution in [0.25, 0.3) is 0 Å². The summed E-state index contributed by atoms with van der Waals surface area (Å²) in [5.41, 5.74) is 5.31. The van der Waals surface area contributed by atoms with Gasteiger partial charge in [0.2, 0.25) is 0 Å². The summed E-state index contributed by atoms with van der Waals surface area (Å²) in [6, 6.07) is 15.3. The van der Waals surface area contributed by atoms with Crippen molar-refractivity contribution in [2.75, 3.05) is 7.05 Å². The van der Waals surface area contributed by atoms with Crippen molar-refractivity contribution in [3.8, 4) is 5.75 Å². The Kier molecular flexibility index (Phi) is 3.98. The van der Waals surface area contributed by atoms with Crippen molar-refractivity contribution in [2.45, 2.75) is 38.8 Å². The third-order valence-electron chi connectivity index (χ3n) is 4.38. The standard InChI is InChI=1S/C19H23NO/c1-13-8-10-17(14(2)12-13)21-18-11-9-15-6-4-5-7-16(15)19(18)20-3/h4-8,10,12,18-20H,9,11H2,1-3H3. The van der Waals surface area contributed by atoms with Crippen molar-refractivity contribution in [3.63, 3.8) is 0 Å². The molecule has 2 unspecified atom stereocenters. The maximum Gasteiger partial charge on any atom is 0.122 e. The van der Waals surface area contributed by atoms with Gasteiger partial charge in [-0.25, -0.2) is 0 Å². The predicted octanol–water partition coefficient (Wildman–Crippen LogP) is 3.96. The van der Waals surface area contributed by atoms with Crippen LogP contribution in [0.2, 0.25) is 0 Å².